The van der Waals surface area contributed by atoms with Crippen LogP contribution in [0.2, 0.25) is 0 Å². The van der Waals surface area contributed by atoms with Gasteiger partial charge in [0.05, 0.1) is 6.04 Å². The van der Waals surface area contributed by atoms with E-state index in [0.717, 1.165) is 16.7 Å². The molecule has 1 heteroatoms. The van der Waals surface area contributed by atoms with Gasteiger partial charge in [-0.3, -0.25) is 4.99 Å². The molecule has 0 aromatic heterocycles. The molecule has 0 heterocycles. The molecule has 0 saturated heterocycles. The molecule has 1 nitrogen and oxygen atoms in total. The van der Waals surface area contributed by atoms with Crippen LogP contribution in [-0.2, 0) is 0 Å². The maximum atomic E-state index is 4.86. The van der Waals surface area contributed by atoms with E-state index in [0.29, 0.717) is 0 Å². The van der Waals surface area contributed by atoms with Gasteiger partial charge >= 0.3 is 0 Å². The number of nitrogens with zero attached hydrogens (tertiary/aromatic N) is 1. The Morgan fingerprint density at radius 2 is 1.48 bits per heavy atom. The minimum Gasteiger partial charge on any atom is -0.280 e. The van der Waals surface area contributed by atoms with E-state index in [1.54, 1.807) is 12.2 Å². The van der Waals surface area contributed by atoms with Gasteiger partial charge in [0, 0.05) is 6.21 Å². The Morgan fingerprint density at radius 1 is 0.760 bits per heavy atom. The number of aliphatic imine (C=N–C) groups is 1. The first-order valence-electron chi connectivity index (χ1n) is 8.57. The second-order valence-electron chi connectivity index (χ2n) is 5.16. The lowest BCUT2D eigenvalue weighted by molar-refractivity contribution is 0.939. The van der Waals surface area contributed by atoms with Gasteiger partial charge in [-0.05, 0) is 44.4 Å². The van der Waals surface area contributed by atoms with Crippen molar-refractivity contribution in [1.29, 1.82) is 0 Å². The van der Waals surface area contributed by atoms with Gasteiger partial charge in [0.2, 0.25) is 0 Å². The highest BCUT2D eigenvalue weighted by molar-refractivity contribution is 5.83. The second kappa shape index (κ2) is 14.9. The molecule has 0 spiro atoms. The van der Waals surface area contributed by atoms with E-state index < -0.39 is 0 Å². The molecule has 0 N–H and O–H groups in total. The number of hydrogen-bond donors (Lipinski definition) is 0. The summed E-state index contributed by atoms with van der Waals surface area (Å²) in [6.07, 6.45) is 27.8. The largest absolute Gasteiger partial charge is 0.280 e. The zero-order valence-electron chi connectivity index (χ0n) is 16.0. The van der Waals surface area contributed by atoms with Crippen molar-refractivity contribution in [2.75, 3.05) is 0 Å². The summed E-state index contributed by atoms with van der Waals surface area (Å²) in [6, 6.07) is -0.0907. The number of rotatable bonds is 10. The lowest BCUT2D eigenvalue weighted by Crippen LogP contribution is -2.10. The van der Waals surface area contributed by atoms with Crippen molar-refractivity contribution < 1.29 is 0 Å². The standard InChI is InChI=1S/C24H31N/c1-7-13-18-22(12-6)24(23(17-11-5)19-14-8-2)25-20-21(15-9-3)16-10-4/h7-20,24H,1,3H2,2,4-6H3/b14-8-,16-10-,17-11-,18-13-,21-15+,22-12+,23-19+,25-20+. The molecular formula is C24H31N. The van der Waals surface area contributed by atoms with E-state index in [1.807, 2.05) is 76.4 Å². The van der Waals surface area contributed by atoms with Crippen molar-refractivity contribution >= 4 is 6.21 Å². The molecule has 1 unspecified atom stereocenters. The van der Waals surface area contributed by atoms with Crippen LogP contribution >= 0.6 is 0 Å². The van der Waals surface area contributed by atoms with Gasteiger partial charge in [0.15, 0.2) is 0 Å². The number of hydrogen-bond acceptors (Lipinski definition) is 1. The molecule has 25 heavy (non-hydrogen) atoms. The first-order valence-corrected chi connectivity index (χ1v) is 8.57. The molecule has 1 atom stereocenters. The van der Waals surface area contributed by atoms with Crippen LogP contribution in [-0.4, -0.2) is 12.3 Å². The molecule has 0 amide bonds. The van der Waals surface area contributed by atoms with Crippen LogP contribution in [0.15, 0.2) is 114 Å². The van der Waals surface area contributed by atoms with Crippen molar-refractivity contribution in [1.82, 2.24) is 0 Å². The maximum absolute atomic E-state index is 4.86. The quantitative estimate of drug-likeness (QED) is 0.305. The average Bonchev–Trinajstić information content (AvgIpc) is 2.62. The van der Waals surface area contributed by atoms with Crippen LogP contribution in [0.25, 0.3) is 0 Å². The van der Waals surface area contributed by atoms with Gasteiger partial charge in [-0.1, -0.05) is 92.1 Å². The Labute approximate surface area is 154 Å². The molecule has 0 fully saturated rings. The first kappa shape index (κ1) is 22.3. The summed E-state index contributed by atoms with van der Waals surface area (Å²) in [5.41, 5.74) is 3.25. The fraction of sp³-hybridized carbons (Fsp3) is 0.208. The summed E-state index contributed by atoms with van der Waals surface area (Å²) in [5, 5.41) is 0. The SMILES string of the molecule is C=C/C=C\C(=C/C)C(/N=C/C(/C=C\C)=C/C=C)C(/C=C\C)=C/C=C\C. The van der Waals surface area contributed by atoms with Gasteiger partial charge in [0.25, 0.3) is 0 Å². The van der Waals surface area contributed by atoms with Gasteiger partial charge in [-0.25, -0.2) is 0 Å². The fourth-order valence-electron chi connectivity index (χ4n) is 2.16. The van der Waals surface area contributed by atoms with Crippen LogP contribution in [0.1, 0.15) is 27.7 Å². The third-order valence-corrected chi connectivity index (χ3v) is 3.27. The molecule has 0 bridgehead atoms. The van der Waals surface area contributed by atoms with Crippen LogP contribution < -0.4 is 0 Å². The van der Waals surface area contributed by atoms with E-state index in [1.165, 1.54) is 0 Å². The molecular weight excluding hydrogens is 302 g/mol. The molecule has 0 aliphatic carbocycles. The summed E-state index contributed by atoms with van der Waals surface area (Å²) < 4.78 is 0. The molecule has 0 aromatic carbocycles. The highest BCUT2D eigenvalue weighted by Crippen LogP contribution is 2.20. The van der Waals surface area contributed by atoms with Gasteiger partial charge in [-0.2, -0.15) is 0 Å². The van der Waals surface area contributed by atoms with E-state index >= 15 is 0 Å². The van der Waals surface area contributed by atoms with Crippen LogP contribution in [0, 0.1) is 0 Å². The Kier molecular flexibility index (Phi) is 13.3. The molecule has 0 aliphatic heterocycles. The Balaban J connectivity index is 6.12. The lowest BCUT2D eigenvalue weighted by atomic mass is 9.97. The monoisotopic (exact) mass is 333 g/mol. The Bertz CT molecular complexity index is 644. The van der Waals surface area contributed by atoms with E-state index in [4.69, 9.17) is 4.99 Å². The fourth-order valence-corrected chi connectivity index (χ4v) is 2.16. The van der Waals surface area contributed by atoms with Crippen molar-refractivity contribution in [3.63, 3.8) is 0 Å². The minimum atomic E-state index is -0.0907. The molecule has 0 saturated carbocycles. The van der Waals surface area contributed by atoms with Crippen molar-refractivity contribution in [3.8, 4) is 0 Å². The summed E-state index contributed by atoms with van der Waals surface area (Å²) >= 11 is 0. The van der Waals surface area contributed by atoms with Crippen molar-refractivity contribution in [2.24, 2.45) is 4.99 Å². The third kappa shape index (κ3) is 9.26. The predicted octanol–water partition coefficient (Wildman–Crippen LogP) is 6.88. The summed E-state index contributed by atoms with van der Waals surface area (Å²) in [7, 11) is 0. The highest BCUT2D eigenvalue weighted by Gasteiger charge is 2.13. The molecule has 0 aliphatic rings. The molecule has 0 radical (unpaired) electrons. The van der Waals surface area contributed by atoms with Crippen LogP contribution in [0.5, 0.6) is 0 Å². The third-order valence-electron chi connectivity index (χ3n) is 3.27. The summed E-state index contributed by atoms with van der Waals surface area (Å²) in [6.45, 7) is 15.6. The number of allylic oxidation sites excluding steroid dienone is 12. The van der Waals surface area contributed by atoms with E-state index in [2.05, 4.69) is 37.5 Å². The predicted molar refractivity (Wildman–Crippen MR) is 116 cm³/mol. The molecule has 0 rings (SSSR count). The minimum absolute atomic E-state index is 0.0907. The van der Waals surface area contributed by atoms with Gasteiger partial charge in [0.1, 0.15) is 0 Å². The molecule has 132 valence electrons. The highest BCUT2D eigenvalue weighted by atomic mass is 14.8. The maximum Gasteiger partial charge on any atom is 0.0996 e. The van der Waals surface area contributed by atoms with Crippen molar-refractivity contribution in [2.45, 2.75) is 33.7 Å². The average molecular weight is 334 g/mol. The smallest absolute Gasteiger partial charge is 0.0996 e. The summed E-state index contributed by atoms with van der Waals surface area (Å²) in [5.74, 6) is 0. The zero-order valence-corrected chi connectivity index (χ0v) is 16.0. The lowest BCUT2D eigenvalue weighted by Gasteiger charge is -2.15. The van der Waals surface area contributed by atoms with Gasteiger partial charge in [-0.15, -0.1) is 0 Å². The van der Waals surface area contributed by atoms with E-state index in [9.17, 15) is 0 Å². The topological polar surface area (TPSA) is 12.4 Å². The summed E-state index contributed by atoms with van der Waals surface area (Å²) in [4.78, 5) is 4.86. The first-order chi connectivity index (χ1) is 12.2. The zero-order chi connectivity index (χ0) is 18.9. The second-order valence-corrected chi connectivity index (χ2v) is 5.16. The van der Waals surface area contributed by atoms with Gasteiger partial charge < -0.3 is 0 Å². The Morgan fingerprint density at radius 3 is 2.00 bits per heavy atom. The van der Waals surface area contributed by atoms with Crippen LogP contribution in [0.4, 0.5) is 0 Å². The van der Waals surface area contributed by atoms with E-state index in [-0.39, 0.29) is 6.04 Å². The normalized spacial score (nSPS) is 16.1. The Hall–Kier alpha value is -2.67. The molecule has 0 aromatic rings. The van der Waals surface area contributed by atoms with Crippen LogP contribution in [0.3, 0.4) is 0 Å². The van der Waals surface area contributed by atoms with Crippen molar-refractivity contribution in [3.05, 3.63) is 109 Å².